The Balaban J connectivity index is 2.47. The Morgan fingerprint density at radius 3 is 2.50 bits per heavy atom. The summed E-state index contributed by atoms with van der Waals surface area (Å²) in [4.78, 5) is 13.0. The fourth-order valence-electron chi connectivity index (χ4n) is 2.29. The summed E-state index contributed by atoms with van der Waals surface area (Å²) in [5.41, 5.74) is -0.849. The van der Waals surface area contributed by atoms with Gasteiger partial charge in [-0.1, -0.05) is 13.8 Å². The smallest absolute Gasteiger partial charge is 0.481 e. The molecule has 1 aliphatic rings. The van der Waals surface area contributed by atoms with Crippen LogP contribution in [0.2, 0.25) is 0 Å². The van der Waals surface area contributed by atoms with E-state index in [1.807, 2.05) is 13.8 Å². The molecular formula is C11H18F3NO3. The molecule has 0 aromatic heterocycles. The van der Waals surface area contributed by atoms with Crippen LogP contribution in [0.25, 0.3) is 0 Å². The van der Waals surface area contributed by atoms with Crippen LogP contribution in [0, 0.1) is 11.3 Å². The lowest BCUT2D eigenvalue weighted by Crippen LogP contribution is -2.40. The largest absolute Gasteiger partial charge is 0.522 e. The molecule has 1 fully saturated rings. The van der Waals surface area contributed by atoms with Gasteiger partial charge in [0.25, 0.3) is 0 Å². The lowest BCUT2D eigenvalue weighted by atomic mass is 9.76. The molecule has 0 saturated carbocycles. The third-order valence-electron chi connectivity index (χ3n) is 3.58. The molecule has 0 amide bonds. The van der Waals surface area contributed by atoms with Crippen molar-refractivity contribution >= 4 is 5.97 Å². The highest BCUT2D eigenvalue weighted by Gasteiger charge is 2.47. The minimum absolute atomic E-state index is 0.0523. The molecule has 0 aromatic rings. The number of alkyl halides is 3. The number of carboxylic acid groups (broad SMARTS) is 1. The maximum Gasteiger partial charge on any atom is 0.522 e. The maximum absolute atomic E-state index is 11.8. The zero-order valence-electron chi connectivity index (χ0n) is 10.5. The average Bonchev–Trinajstić information content (AvgIpc) is 2.61. The van der Waals surface area contributed by atoms with E-state index in [2.05, 4.69) is 4.74 Å². The van der Waals surface area contributed by atoms with Crippen molar-refractivity contribution in [2.45, 2.75) is 26.6 Å². The van der Waals surface area contributed by atoms with Gasteiger partial charge in [-0.15, -0.1) is 13.2 Å². The zero-order chi connectivity index (χ0) is 14.0. The van der Waals surface area contributed by atoms with Gasteiger partial charge in [-0.2, -0.15) is 0 Å². The van der Waals surface area contributed by atoms with E-state index < -0.39 is 24.4 Å². The SMILES string of the molecule is CC(C)C1(C(=O)O)CCN(CCOC(F)(F)F)C1. The molecule has 4 nitrogen and oxygen atoms in total. The summed E-state index contributed by atoms with van der Waals surface area (Å²) in [5.74, 6) is -0.930. The number of likely N-dealkylation sites (tertiary alicyclic amines) is 1. The van der Waals surface area contributed by atoms with E-state index in [4.69, 9.17) is 0 Å². The Labute approximate surface area is 104 Å². The fourth-order valence-corrected chi connectivity index (χ4v) is 2.29. The Morgan fingerprint density at radius 1 is 1.50 bits per heavy atom. The van der Waals surface area contributed by atoms with E-state index in [-0.39, 0.29) is 19.0 Å². The van der Waals surface area contributed by atoms with E-state index in [0.717, 1.165) is 0 Å². The topological polar surface area (TPSA) is 49.8 Å². The monoisotopic (exact) mass is 269 g/mol. The molecule has 0 bridgehead atoms. The molecule has 0 aromatic carbocycles. The molecule has 7 heteroatoms. The minimum atomic E-state index is -4.62. The van der Waals surface area contributed by atoms with Crippen molar-refractivity contribution in [1.29, 1.82) is 0 Å². The first-order valence-corrected chi connectivity index (χ1v) is 5.84. The summed E-state index contributed by atoms with van der Waals surface area (Å²) in [6, 6.07) is 0. The molecule has 1 rings (SSSR count). The third-order valence-corrected chi connectivity index (χ3v) is 3.58. The van der Waals surface area contributed by atoms with Crippen molar-refractivity contribution in [2.75, 3.05) is 26.2 Å². The summed E-state index contributed by atoms with van der Waals surface area (Å²) < 4.78 is 39.1. The highest BCUT2D eigenvalue weighted by atomic mass is 19.4. The molecule has 1 N–H and O–H groups in total. The second-order valence-electron chi connectivity index (χ2n) is 4.94. The molecule has 0 radical (unpaired) electrons. The van der Waals surface area contributed by atoms with Crippen LogP contribution in [-0.2, 0) is 9.53 Å². The van der Waals surface area contributed by atoms with Crippen molar-refractivity contribution in [2.24, 2.45) is 11.3 Å². The first-order valence-electron chi connectivity index (χ1n) is 5.84. The van der Waals surface area contributed by atoms with Crippen LogP contribution in [0.15, 0.2) is 0 Å². The number of hydrogen-bond acceptors (Lipinski definition) is 3. The van der Waals surface area contributed by atoms with Crippen LogP contribution < -0.4 is 0 Å². The average molecular weight is 269 g/mol. The summed E-state index contributed by atoms with van der Waals surface area (Å²) in [6.45, 7) is 4.05. The Kier molecular flexibility index (Phi) is 4.61. The van der Waals surface area contributed by atoms with E-state index in [1.54, 1.807) is 4.90 Å². The second kappa shape index (κ2) is 5.44. The number of carboxylic acids is 1. The predicted octanol–water partition coefficient (Wildman–Crippen LogP) is 1.96. The third kappa shape index (κ3) is 3.58. The van der Waals surface area contributed by atoms with Gasteiger partial charge in [0.05, 0.1) is 12.0 Å². The highest BCUT2D eigenvalue weighted by molar-refractivity contribution is 5.75. The van der Waals surface area contributed by atoms with E-state index in [9.17, 15) is 23.1 Å². The van der Waals surface area contributed by atoms with Crippen LogP contribution in [0.1, 0.15) is 20.3 Å². The number of ether oxygens (including phenoxy) is 1. The van der Waals surface area contributed by atoms with Crippen LogP contribution in [0.5, 0.6) is 0 Å². The quantitative estimate of drug-likeness (QED) is 0.829. The first kappa shape index (κ1) is 15.2. The Morgan fingerprint density at radius 2 is 2.11 bits per heavy atom. The molecule has 1 saturated heterocycles. The van der Waals surface area contributed by atoms with Gasteiger partial charge in [-0.3, -0.25) is 14.4 Å². The molecule has 0 spiro atoms. The molecule has 18 heavy (non-hydrogen) atoms. The minimum Gasteiger partial charge on any atom is -0.481 e. The fraction of sp³-hybridized carbons (Fsp3) is 0.909. The van der Waals surface area contributed by atoms with E-state index >= 15 is 0 Å². The van der Waals surface area contributed by atoms with Gasteiger partial charge in [0.1, 0.15) is 0 Å². The Hall–Kier alpha value is -0.820. The van der Waals surface area contributed by atoms with Crippen molar-refractivity contribution in [3.63, 3.8) is 0 Å². The molecular weight excluding hydrogens is 251 g/mol. The standard InChI is InChI=1S/C11H18F3NO3/c1-8(2)10(9(16)17)3-4-15(7-10)5-6-18-11(12,13)14/h8H,3-7H2,1-2H3,(H,16,17). The summed E-state index contributed by atoms with van der Waals surface area (Å²) in [5, 5.41) is 9.27. The first-order chi connectivity index (χ1) is 8.17. The molecule has 1 unspecified atom stereocenters. The van der Waals surface area contributed by atoms with Gasteiger partial charge in [0.2, 0.25) is 0 Å². The van der Waals surface area contributed by atoms with Crippen LogP contribution in [0.4, 0.5) is 13.2 Å². The van der Waals surface area contributed by atoms with Gasteiger partial charge in [0.15, 0.2) is 0 Å². The zero-order valence-corrected chi connectivity index (χ0v) is 10.5. The molecule has 0 aliphatic carbocycles. The van der Waals surface area contributed by atoms with E-state index in [0.29, 0.717) is 13.0 Å². The summed E-state index contributed by atoms with van der Waals surface area (Å²) >= 11 is 0. The predicted molar refractivity (Wildman–Crippen MR) is 58.0 cm³/mol. The lowest BCUT2D eigenvalue weighted by Gasteiger charge is -2.28. The highest BCUT2D eigenvalue weighted by Crippen LogP contribution is 2.38. The molecule has 106 valence electrons. The van der Waals surface area contributed by atoms with Crippen molar-refractivity contribution in [3.05, 3.63) is 0 Å². The van der Waals surface area contributed by atoms with Gasteiger partial charge in [0, 0.05) is 13.1 Å². The summed E-state index contributed by atoms with van der Waals surface area (Å²) in [7, 11) is 0. The number of hydrogen-bond donors (Lipinski definition) is 1. The van der Waals surface area contributed by atoms with Crippen LogP contribution in [-0.4, -0.2) is 48.6 Å². The van der Waals surface area contributed by atoms with Gasteiger partial charge < -0.3 is 5.11 Å². The Bertz CT molecular complexity index is 306. The number of rotatable bonds is 5. The van der Waals surface area contributed by atoms with Gasteiger partial charge in [-0.05, 0) is 18.9 Å². The number of aliphatic carboxylic acids is 1. The van der Waals surface area contributed by atoms with Gasteiger partial charge in [-0.25, -0.2) is 0 Å². The number of nitrogens with zero attached hydrogens (tertiary/aromatic N) is 1. The van der Waals surface area contributed by atoms with Gasteiger partial charge >= 0.3 is 12.3 Å². The molecule has 1 atom stereocenters. The van der Waals surface area contributed by atoms with Crippen molar-refractivity contribution in [3.8, 4) is 0 Å². The van der Waals surface area contributed by atoms with Crippen LogP contribution in [0.3, 0.4) is 0 Å². The second-order valence-corrected chi connectivity index (χ2v) is 4.94. The van der Waals surface area contributed by atoms with E-state index in [1.165, 1.54) is 0 Å². The van der Waals surface area contributed by atoms with Crippen molar-refractivity contribution in [1.82, 2.24) is 4.90 Å². The lowest BCUT2D eigenvalue weighted by molar-refractivity contribution is -0.324. The normalized spacial score (nSPS) is 25.9. The summed E-state index contributed by atoms with van der Waals surface area (Å²) in [6.07, 6.45) is -4.16. The van der Waals surface area contributed by atoms with Crippen LogP contribution >= 0.6 is 0 Å². The number of carbonyl (C=O) groups is 1. The number of halogens is 3. The molecule has 1 aliphatic heterocycles. The maximum atomic E-state index is 11.8. The molecule has 1 heterocycles. The van der Waals surface area contributed by atoms with Crippen molar-refractivity contribution < 1.29 is 27.8 Å².